The predicted molar refractivity (Wildman–Crippen MR) is 71.6 cm³/mol. The normalized spacial score (nSPS) is 22.3. The summed E-state index contributed by atoms with van der Waals surface area (Å²) in [4.78, 5) is 11.4. The molecule has 1 N–H and O–H groups in total. The lowest BCUT2D eigenvalue weighted by Gasteiger charge is -2.15. The number of halogens is 2. The van der Waals surface area contributed by atoms with Crippen LogP contribution >= 0.6 is 11.8 Å². The zero-order valence-electron chi connectivity index (χ0n) is 10.7. The van der Waals surface area contributed by atoms with E-state index in [2.05, 4.69) is 17.0 Å². The topological polar surface area (TPSA) is 38.3 Å². The van der Waals surface area contributed by atoms with E-state index in [1.165, 1.54) is 6.07 Å². The molecule has 3 nitrogen and oxygen atoms in total. The fraction of sp³-hybridized carbons (Fsp3) is 0.462. The Bertz CT molecular complexity index is 496. The van der Waals surface area contributed by atoms with Crippen LogP contribution < -0.4 is 5.32 Å². The standard InChI is InChI=1S/C13H15F2NO2S/c1-7-3-8(6-19-7)16-12-4-9(13(17)18-2)10(14)5-11(12)15/h4-5,7-8,16H,3,6H2,1-2H3. The second-order valence-electron chi connectivity index (χ2n) is 4.52. The van der Waals surface area contributed by atoms with Gasteiger partial charge in [-0.05, 0) is 12.5 Å². The molecule has 1 heterocycles. The van der Waals surface area contributed by atoms with Crippen molar-refractivity contribution in [2.24, 2.45) is 0 Å². The van der Waals surface area contributed by atoms with Gasteiger partial charge in [-0.15, -0.1) is 0 Å². The van der Waals surface area contributed by atoms with Crippen molar-refractivity contribution in [1.82, 2.24) is 0 Å². The van der Waals surface area contributed by atoms with Crippen LogP contribution in [0, 0.1) is 11.6 Å². The summed E-state index contributed by atoms with van der Waals surface area (Å²) in [5.74, 6) is -1.56. The number of thioether (sulfide) groups is 1. The van der Waals surface area contributed by atoms with Gasteiger partial charge in [0.15, 0.2) is 0 Å². The highest BCUT2D eigenvalue weighted by Gasteiger charge is 2.24. The van der Waals surface area contributed by atoms with E-state index in [1.54, 1.807) is 11.8 Å². The summed E-state index contributed by atoms with van der Waals surface area (Å²) >= 11 is 1.80. The molecule has 1 aliphatic heterocycles. The average molecular weight is 287 g/mol. The van der Waals surface area contributed by atoms with E-state index in [9.17, 15) is 13.6 Å². The highest BCUT2D eigenvalue weighted by Crippen LogP contribution is 2.29. The Balaban J connectivity index is 2.22. The maximum atomic E-state index is 13.7. The zero-order chi connectivity index (χ0) is 14.0. The second-order valence-corrected chi connectivity index (χ2v) is 6.00. The smallest absolute Gasteiger partial charge is 0.340 e. The monoisotopic (exact) mass is 287 g/mol. The molecule has 1 fully saturated rings. The molecule has 2 unspecified atom stereocenters. The molecule has 0 aliphatic carbocycles. The SMILES string of the molecule is COC(=O)c1cc(NC2CSC(C)C2)c(F)cc1F. The molecule has 19 heavy (non-hydrogen) atoms. The highest BCUT2D eigenvalue weighted by molar-refractivity contribution is 8.00. The third kappa shape index (κ3) is 3.18. The van der Waals surface area contributed by atoms with Crippen LogP contribution in [-0.4, -0.2) is 30.1 Å². The molecule has 6 heteroatoms. The van der Waals surface area contributed by atoms with Crippen LogP contribution in [0.4, 0.5) is 14.5 Å². The van der Waals surface area contributed by atoms with Crippen LogP contribution in [-0.2, 0) is 4.74 Å². The molecule has 1 aliphatic rings. The zero-order valence-corrected chi connectivity index (χ0v) is 11.5. The number of hydrogen-bond donors (Lipinski definition) is 1. The summed E-state index contributed by atoms with van der Waals surface area (Å²) in [5, 5.41) is 3.53. The molecular weight excluding hydrogens is 272 g/mol. The van der Waals surface area contributed by atoms with Crippen molar-refractivity contribution in [3.8, 4) is 0 Å². The Morgan fingerprint density at radius 1 is 1.42 bits per heavy atom. The molecule has 2 rings (SSSR count). The number of esters is 1. The Hall–Kier alpha value is -1.30. The van der Waals surface area contributed by atoms with Crippen LogP contribution in [0.2, 0.25) is 0 Å². The van der Waals surface area contributed by atoms with Crippen LogP contribution in [0.15, 0.2) is 12.1 Å². The van der Waals surface area contributed by atoms with Gasteiger partial charge in [0.25, 0.3) is 0 Å². The summed E-state index contributed by atoms with van der Waals surface area (Å²) in [6.07, 6.45) is 0.912. The number of anilines is 1. The lowest BCUT2D eigenvalue weighted by molar-refractivity contribution is 0.0595. The summed E-state index contributed by atoms with van der Waals surface area (Å²) in [6.45, 7) is 2.10. The van der Waals surface area contributed by atoms with Crippen molar-refractivity contribution in [2.45, 2.75) is 24.6 Å². The van der Waals surface area contributed by atoms with Gasteiger partial charge in [-0.1, -0.05) is 6.92 Å². The van der Waals surface area contributed by atoms with Crippen molar-refractivity contribution in [1.29, 1.82) is 0 Å². The van der Waals surface area contributed by atoms with E-state index < -0.39 is 17.6 Å². The van der Waals surface area contributed by atoms with E-state index >= 15 is 0 Å². The molecule has 1 aromatic carbocycles. The first kappa shape index (κ1) is 14.1. The minimum absolute atomic E-state index is 0.130. The fourth-order valence-corrected chi connectivity index (χ4v) is 3.21. The molecule has 0 bridgehead atoms. The van der Waals surface area contributed by atoms with Gasteiger partial charge in [0.05, 0.1) is 18.4 Å². The number of methoxy groups -OCH3 is 1. The number of hydrogen-bond acceptors (Lipinski definition) is 4. The molecular formula is C13H15F2NO2S. The van der Waals surface area contributed by atoms with Gasteiger partial charge < -0.3 is 10.1 Å². The van der Waals surface area contributed by atoms with Gasteiger partial charge in [-0.2, -0.15) is 11.8 Å². The predicted octanol–water partition coefficient (Wildman–Crippen LogP) is 3.06. The summed E-state index contributed by atoms with van der Waals surface area (Å²) in [7, 11) is 1.16. The van der Waals surface area contributed by atoms with Crippen LogP contribution in [0.5, 0.6) is 0 Å². The van der Waals surface area contributed by atoms with Crippen molar-refractivity contribution < 1.29 is 18.3 Å². The molecule has 0 spiro atoms. The van der Waals surface area contributed by atoms with E-state index in [0.29, 0.717) is 11.3 Å². The lowest BCUT2D eigenvalue weighted by Crippen LogP contribution is -2.20. The highest BCUT2D eigenvalue weighted by atomic mass is 32.2. The van der Waals surface area contributed by atoms with Gasteiger partial charge in [0, 0.05) is 23.1 Å². The van der Waals surface area contributed by atoms with Gasteiger partial charge in [0.2, 0.25) is 0 Å². The van der Waals surface area contributed by atoms with E-state index in [1.807, 2.05) is 0 Å². The van der Waals surface area contributed by atoms with Crippen LogP contribution in [0.3, 0.4) is 0 Å². The summed E-state index contributed by atoms with van der Waals surface area (Å²) in [5.41, 5.74) is -0.119. The maximum absolute atomic E-state index is 13.7. The fourth-order valence-electron chi connectivity index (χ4n) is 2.06. The van der Waals surface area contributed by atoms with Crippen molar-refractivity contribution >= 4 is 23.4 Å². The van der Waals surface area contributed by atoms with Gasteiger partial charge in [0.1, 0.15) is 11.6 Å². The Labute approximate surface area is 114 Å². The number of carbonyl (C=O) groups is 1. The molecule has 0 saturated carbocycles. The van der Waals surface area contributed by atoms with Gasteiger partial charge in [-0.3, -0.25) is 0 Å². The first-order chi connectivity index (χ1) is 9.01. The number of rotatable bonds is 3. The largest absolute Gasteiger partial charge is 0.465 e. The third-order valence-electron chi connectivity index (χ3n) is 3.02. The summed E-state index contributed by atoms with van der Waals surface area (Å²) < 4.78 is 31.6. The quantitative estimate of drug-likeness (QED) is 0.867. The average Bonchev–Trinajstić information content (AvgIpc) is 2.77. The van der Waals surface area contributed by atoms with Crippen LogP contribution in [0.25, 0.3) is 0 Å². The maximum Gasteiger partial charge on any atom is 0.340 e. The number of nitrogens with one attached hydrogen (secondary N) is 1. The summed E-state index contributed by atoms with van der Waals surface area (Å²) in [6, 6.07) is 2.01. The van der Waals surface area contributed by atoms with Crippen molar-refractivity contribution in [3.63, 3.8) is 0 Å². The Kier molecular flexibility index (Phi) is 4.29. The molecule has 1 aromatic rings. The molecule has 0 amide bonds. The minimum atomic E-state index is -0.913. The van der Waals surface area contributed by atoms with E-state index in [4.69, 9.17) is 0 Å². The van der Waals surface area contributed by atoms with Gasteiger partial charge >= 0.3 is 5.97 Å². The minimum Gasteiger partial charge on any atom is -0.465 e. The van der Waals surface area contributed by atoms with E-state index in [0.717, 1.165) is 19.3 Å². The van der Waals surface area contributed by atoms with Gasteiger partial charge in [-0.25, -0.2) is 13.6 Å². The molecule has 104 valence electrons. The van der Waals surface area contributed by atoms with Crippen molar-refractivity contribution in [2.75, 3.05) is 18.2 Å². The van der Waals surface area contributed by atoms with Crippen LogP contribution in [0.1, 0.15) is 23.7 Å². The van der Waals surface area contributed by atoms with E-state index in [-0.39, 0.29) is 17.3 Å². The lowest BCUT2D eigenvalue weighted by atomic mass is 10.1. The number of benzene rings is 1. The molecule has 2 atom stereocenters. The Morgan fingerprint density at radius 2 is 2.16 bits per heavy atom. The number of ether oxygens (including phenoxy) is 1. The Morgan fingerprint density at radius 3 is 2.74 bits per heavy atom. The first-order valence-electron chi connectivity index (χ1n) is 5.96. The third-order valence-corrected chi connectivity index (χ3v) is 4.38. The second kappa shape index (κ2) is 5.77. The number of carbonyl (C=O) groups excluding carboxylic acids is 1. The molecule has 1 saturated heterocycles. The molecule has 0 radical (unpaired) electrons. The van der Waals surface area contributed by atoms with Crippen molar-refractivity contribution in [3.05, 3.63) is 29.3 Å². The first-order valence-corrected chi connectivity index (χ1v) is 7.01. The molecule has 0 aromatic heterocycles.